The third kappa shape index (κ3) is 2.33. The summed E-state index contributed by atoms with van der Waals surface area (Å²) < 4.78 is 4.03. The minimum absolute atomic E-state index is 0.0313. The molecule has 1 aliphatic rings. The second-order valence-corrected chi connectivity index (χ2v) is 5.44. The summed E-state index contributed by atoms with van der Waals surface area (Å²) in [7, 11) is 3.87. The van der Waals surface area contributed by atoms with Crippen LogP contribution in [0.1, 0.15) is 17.9 Å². The molecule has 2 aromatic rings. The Morgan fingerprint density at radius 2 is 2.40 bits per heavy atom. The second-order valence-electron chi connectivity index (χ2n) is 5.44. The van der Waals surface area contributed by atoms with Crippen molar-refractivity contribution < 1.29 is 4.79 Å². The number of aromatic nitrogens is 4. The molecule has 0 saturated carbocycles. The second kappa shape index (κ2) is 5.11. The smallest absolute Gasteiger partial charge is 0.227 e. The summed E-state index contributed by atoms with van der Waals surface area (Å²) in [5.41, 5.74) is 1.14. The lowest BCUT2D eigenvalue weighted by molar-refractivity contribution is -0.135. The van der Waals surface area contributed by atoms with Gasteiger partial charge in [0.2, 0.25) is 5.91 Å². The predicted octanol–water partition coefficient (Wildman–Crippen LogP) is 0.838. The van der Waals surface area contributed by atoms with E-state index < -0.39 is 0 Å². The number of nitrogens with zero attached hydrogens (tertiary/aromatic N) is 5. The molecule has 1 aliphatic heterocycles. The van der Waals surface area contributed by atoms with Gasteiger partial charge in [0.25, 0.3) is 0 Å². The fraction of sp³-hybridized carbons (Fsp3) is 0.500. The van der Waals surface area contributed by atoms with Gasteiger partial charge in [-0.3, -0.25) is 4.79 Å². The zero-order valence-electron chi connectivity index (χ0n) is 11.9. The van der Waals surface area contributed by atoms with E-state index in [4.69, 9.17) is 0 Å². The lowest BCUT2D eigenvalue weighted by Crippen LogP contribution is -2.37. The molecule has 6 heteroatoms. The first-order valence-corrected chi connectivity index (χ1v) is 6.87. The zero-order chi connectivity index (χ0) is 14.1. The molecule has 0 spiro atoms. The Labute approximate surface area is 118 Å². The first-order valence-electron chi connectivity index (χ1n) is 6.87. The maximum absolute atomic E-state index is 12.5. The molecule has 106 valence electrons. The largest absolute Gasteiger partial charge is 0.353 e. The number of fused-ring (bicyclic) bond motifs is 1. The Kier molecular flexibility index (Phi) is 3.30. The summed E-state index contributed by atoms with van der Waals surface area (Å²) in [4.78, 5) is 14.3. The van der Waals surface area contributed by atoms with Crippen LogP contribution in [0, 0.1) is 5.92 Å². The fourth-order valence-electron chi connectivity index (χ4n) is 2.75. The third-order valence-electron chi connectivity index (χ3n) is 4.01. The highest BCUT2D eigenvalue weighted by Crippen LogP contribution is 2.20. The number of rotatable bonds is 3. The quantitative estimate of drug-likeness (QED) is 0.832. The van der Waals surface area contributed by atoms with E-state index in [1.807, 2.05) is 46.5 Å². The van der Waals surface area contributed by atoms with Gasteiger partial charge in [0.1, 0.15) is 12.2 Å². The van der Waals surface area contributed by atoms with Gasteiger partial charge < -0.3 is 14.0 Å². The highest BCUT2D eigenvalue weighted by molar-refractivity contribution is 5.78. The molecule has 1 amide bonds. The summed E-state index contributed by atoms with van der Waals surface area (Å²) in [5.74, 6) is 1.22. The van der Waals surface area contributed by atoms with E-state index in [9.17, 15) is 4.79 Å². The van der Waals surface area contributed by atoms with Crippen LogP contribution in [-0.4, -0.2) is 37.2 Å². The molecule has 2 aromatic heterocycles. The van der Waals surface area contributed by atoms with E-state index in [1.165, 1.54) is 0 Å². The van der Waals surface area contributed by atoms with Crippen LogP contribution in [0.2, 0.25) is 0 Å². The topological polar surface area (TPSA) is 56.0 Å². The number of aryl methyl sites for hydroxylation is 2. The Hall–Kier alpha value is -2.11. The molecule has 0 radical (unpaired) electrons. The first-order chi connectivity index (χ1) is 9.65. The first kappa shape index (κ1) is 12.9. The molecule has 0 N–H and O–H groups in total. The van der Waals surface area contributed by atoms with Gasteiger partial charge in [-0.15, -0.1) is 10.2 Å². The molecule has 0 bridgehead atoms. The van der Waals surface area contributed by atoms with Crippen LogP contribution in [-0.2, 0) is 31.4 Å². The molecule has 3 rings (SSSR count). The highest BCUT2D eigenvalue weighted by atomic mass is 16.2. The lowest BCUT2D eigenvalue weighted by atomic mass is 9.98. The van der Waals surface area contributed by atoms with Crippen LogP contribution in [0.4, 0.5) is 0 Å². The minimum Gasteiger partial charge on any atom is -0.353 e. The average molecular weight is 273 g/mol. The van der Waals surface area contributed by atoms with Gasteiger partial charge in [-0.1, -0.05) is 0 Å². The van der Waals surface area contributed by atoms with Crippen LogP contribution in [0.3, 0.4) is 0 Å². The van der Waals surface area contributed by atoms with Crippen molar-refractivity contribution in [2.75, 3.05) is 7.05 Å². The average Bonchev–Trinajstić information content (AvgIpc) is 3.06. The summed E-state index contributed by atoms with van der Waals surface area (Å²) in [6.07, 6.45) is 5.40. The van der Waals surface area contributed by atoms with Crippen molar-refractivity contribution in [1.29, 1.82) is 0 Å². The van der Waals surface area contributed by atoms with Crippen LogP contribution >= 0.6 is 0 Å². The molecular formula is C14H19N5O. The predicted molar refractivity (Wildman–Crippen MR) is 73.7 cm³/mol. The van der Waals surface area contributed by atoms with E-state index in [1.54, 1.807) is 6.33 Å². The summed E-state index contributed by atoms with van der Waals surface area (Å²) >= 11 is 0. The number of hydrogen-bond donors (Lipinski definition) is 0. The standard InChI is InChI=1S/C14H19N5O/c1-17-7-3-4-12(17)9-18(2)14(20)11-5-6-13-16-15-10-19(13)8-11/h3-4,7,10-11H,5-6,8-9H2,1-2H3. The lowest BCUT2D eigenvalue weighted by Gasteiger charge is -2.27. The van der Waals surface area contributed by atoms with Gasteiger partial charge in [0.15, 0.2) is 0 Å². The van der Waals surface area contributed by atoms with E-state index in [0.717, 1.165) is 24.4 Å². The molecule has 20 heavy (non-hydrogen) atoms. The highest BCUT2D eigenvalue weighted by Gasteiger charge is 2.27. The van der Waals surface area contributed by atoms with Crippen molar-refractivity contribution in [3.63, 3.8) is 0 Å². The summed E-state index contributed by atoms with van der Waals surface area (Å²) in [6, 6.07) is 4.04. The van der Waals surface area contributed by atoms with Crippen LogP contribution < -0.4 is 0 Å². The van der Waals surface area contributed by atoms with Crippen LogP contribution in [0.5, 0.6) is 0 Å². The SMILES string of the molecule is CN(Cc1cccn1C)C(=O)C1CCc2nncn2C1. The van der Waals surface area contributed by atoms with Gasteiger partial charge >= 0.3 is 0 Å². The monoisotopic (exact) mass is 273 g/mol. The Morgan fingerprint density at radius 1 is 1.55 bits per heavy atom. The molecular weight excluding hydrogens is 254 g/mol. The third-order valence-corrected chi connectivity index (χ3v) is 4.01. The molecule has 0 fully saturated rings. The van der Waals surface area contributed by atoms with E-state index in [2.05, 4.69) is 10.2 Å². The molecule has 1 atom stereocenters. The Bertz CT molecular complexity index is 615. The van der Waals surface area contributed by atoms with Gasteiger partial charge in [-0.05, 0) is 18.6 Å². The van der Waals surface area contributed by atoms with E-state index >= 15 is 0 Å². The number of carbonyl (C=O) groups is 1. The van der Waals surface area contributed by atoms with Crippen molar-refractivity contribution >= 4 is 5.91 Å². The molecule has 1 unspecified atom stereocenters. The van der Waals surface area contributed by atoms with Gasteiger partial charge in [-0.2, -0.15) is 0 Å². The van der Waals surface area contributed by atoms with Crippen LogP contribution in [0.25, 0.3) is 0 Å². The van der Waals surface area contributed by atoms with E-state index in [-0.39, 0.29) is 11.8 Å². The summed E-state index contributed by atoms with van der Waals surface area (Å²) in [6.45, 7) is 1.34. The number of carbonyl (C=O) groups excluding carboxylic acids is 1. The molecule has 0 aromatic carbocycles. The molecule has 0 aliphatic carbocycles. The Morgan fingerprint density at radius 3 is 3.15 bits per heavy atom. The van der Waals surface area contributed by atoms with Crippen molar-refractivity contribution in [2.45, 2.75) is 25.9 Å². The summed E-state index contributed by atoms with van der Waals surface area (Å²) in [5, 5.41) is 7.95. The maximum atomic E-state index is 12.5. The Balaban J connectivity index is 1.66. The van der Waals surface area contributed by atoms with Gasteiger partial charge in [-0.25, -0.2) is 0 Å². The van der Waals surface area contributed by atoms with Gasteiger partial charge in [0, 0.05) is 39.0 Å². The molecule has 3 heterocycles. The number of amides is 1. The van der Waals surface area contributed by atoms with Crippen molar-refractivity contribution in [2.24, 2.45) is 13.0 Å². The zero-order valence-corrected chi connectivity index (χ0v) is 11.9. The number of hydrogen-bond acceptors (Lipinski definition) is 3. The normalized spacial score (nSPS) is 17.8. The van der Waals surface area contributed by atoms with E-state index in [0.29, 0.717) is 13.1 Å². The van der Waals surface area contributed by atoms with Crippen LogP contribution in [0.15, 0.2) is 24.7 Å². The van der Waals surface area contributed by atoms with Crippen molar-refractivity contribution in [3.05, 3.63) is 36.2 Å². The molecule has 0 saturated heterocycles. The minimum atomic E-state index is 0.0313. The van der Waals surface area contributed by atoms with Gasteiger partial charge in [0.05, 0.1) is 12.5 Å². The maximum Gasteiger partial charge on any atom is 0.227 e. The van der Waals surface area contributed by atoms with Crippen molar-refractivity contribution in [1.82, 2.24) is 24.2 Å². The molecule has 6 nitrogen and oxygen atoms in total. The van der Waals surface area contributed by atoms with Crippen molar-refractivity contribution in [3.8, 4) is 0 Å². The fourth-order valence-corrected chi connectivity index (χ4v) is 2.75.